The number of rotatable bonds is 1. The minimum absolute atomic E-state index is 0.0199. The van der Waals surface area contributed by atoms with Crippen LogP contribution < -0.4 is 10.4 Å². The molecular weight excluding hydrogens is 332 g/mol. The molecular formula is C21H24O5. The normalized spacial score (nSPS) is 44.0. The highest BCUT2D eigenvalue weighted by molar-refractivity contribution is 5.81. The maximum Gasteiger partial charge on any atom is 0.346 e. The average molecular weight is 356 g/mol. The Morgan fingerprint density at radius 1 is 1.27 bits per heavy atom. The zero-order chi connectivity index (χ0) is 18.7. The molecule has 3 aliphatic carbocycles. The fourth-order valence-electron chi connectivity index (χ4n) is 6.27. The van der Waals surface area contributed by atoms with Crippen LogP contribution in [0.2, 0.25) is 0 Å². The Morgan fingerprint density at radius 2 is 2.00 bits per heavy atom. The summed E-state index contributed by atoms with van der Waals surface area (Å²) >= 11 is 0. The molecule has 5 heteroatoms. The van der Waals surface area contributed by atoms with Gasteiger partial charge in [-0.25, -0.2) is 4.79 Å². The van der Waals surface area contributed by atoms with Gasteiger partial charge >= 0.3 is 5.63 Å². The van der Waals surface area contributed by atoms with E-state index in [2.05, 4.69) is 13.8 Å². The van der Waals surface area contributed by atoms with E-state index < -0.39 is 28.2 Å². The predicted octanol–water partition coefficient (Wildman–Crippen LogP) is 2.87. The van der Waals surface area contributed by atoms with Crippen molar-refractivity contribution in [2.24, 2.45) is 22.2 Å². The molecule has 5 rings (SSSR count). The Bertz CT molecular complexity index is 940. The summed E-state index contributed by atoms with van der Waals surface area (Å²) in [7, 11) is 0. The third-order valence-electron chi connectivity index (χ3n) is 7.48. The second-order valence-electron chi connectivity index (χ2n) is 9.75. The third-order valence-corrected chi connectivity index (χ3v) is 7.48. The number of aliphatic hydroxyl groups excluding tert-OH is 1. The molecule has 26 heavy (non-hydrogen) atoms. The lowest BCUT2D eigenvalue weighted by molar-refractivity contribution is -0.121. The van der Waals surface area contributed by atoms with E-state index in [1.54, 1.807) is 13.0 Å². The number of hydrogen-bond acceptors (Lipinski definition) is 5. The molecule has 0 radical (unpaired) electrons. The summed E-state index contributed by atoms with van der Waals surface area (Å²) in [5.41, 5.74) is -1.18. The number of aryl methyl sites for hydroxylation is 1. The third kappa shape index (κ3) is 1.62. The summed E-state index contributed by atoms with van der Waals surface area (Å²) < 4.78 is 11.8. The highest BCUT2D eigenvalue weighted by atomic mass is 16.5. The molecule has 1 spiro atoms. The minimum Gasteiger partial charge on any atom is -0.481 e. The van der Waals surface area contributed by atoms with Crippen LogP contribution in [0, 0.1) is 29.1 Å². The van der Waals surface area contributed by atoms with Gasteiger partial charge in [0.15, 0.2) is 0 Å². The quantitative estimate of drug-likeness (QED) is 0.783. The Morgan fingerprint density at radius 3 is 2.69 bits per heavy atom. The van der Waals surface area contributed by atoms with Gasteiger partial charge in [-0.2, -0.15) is 0 Å². The molecule has 138 valence electrons. The maximum atomic E-state index is 12.4. The fraction of sp³-hybridized carbons (Fsp3) is 0.619. The fourth-order valence-corrected chi connectivity index (χ4v) is 6.27. The first-order valence-electron chi connectivity index (χ1n) is 9.29. The van der Waals surface area contributed by atoms with Crippen LogP contribution in [0.25, 0.3) is 6.08 Å². The van der Waals surface area contributed by atoms with E-state index in [4.69, 9.17) is 9.15 Å². The van der Waals surface area contributed by atoms with Crippen LogP contribution in [0.4, 0.5) is 0 Å². The number of ether oxygens (including phenoxy) is 1. The molecule has 0 aromatic carbocycles. The molecule has 3 fully saturated rings. The Kier molecular flexibility index (Phi) is 2.71. The summed E-state index contributed by atoms with van der Waals surface area (Å²) in [5.74, 6) is 0.904. The number of aliphatic hydroxyl groups is 1. The smallest absolute Gasteiger partial charge is 0.346 e. The zero-order valence-corrected chi connectivity index (χ0v) is 15.6. The van der Waals surface area contributed by atoms with Crippen molar-refractivity contribution in [2.75, 3.05) is 0 Å². The van der Waals surface area contributed by atoms with Crippen LogP contribution in [-0.2, 0) is 4.79 Å². The number of carbonyl (C=O) groups is 1. The van der Waals surface area contributed by atoms with E-state index in [1.807, 2.05) is 13.0 Å². The molecule has 2 heterocycles. The largest absolute Gasteiger partial charge is 0.481 e. The van der Waals surface area contributed by atoms with Gasteiger partial charge in [0.05, 0.1) is 11.5 Å². The van der Waals surface area contributed by atoms with Crippen LogP contribution in [-0.4, -0.2) is 23.1 Å². The van der Waals surface area contributed by atoms with Gasteiger partial charge in [0.1, 0.15) is 29.0 Å². The molecule has 5 nitrogen and oxygen atoms in total. The average Bonchev–Trinajstić information content (AvgIpc) is 3.08. The summed E-state index contributed by atoms with van der Waals surface area (Å²) in [4.78, 5) is 24.6. The first-order valence-corrected chi connectivity index (χ1v) is 9.29. The van der Waals surface area contributed by atoms with Gasteiger partial charge in [0.25, 0.3) is 0 Å². The number of fused-ring (bicyclic) bond motifs is 3. The van der Waals surface area contributed by atoms with Crippen molar-refractivity contribution >= 4 is 12.4 Å². The van der Waals surface area contributed by atoms with E-state index in [-0.39, 0.29) is 11.3 Å². The van der Waals surface area contributed by atoms with Crippen LogP contribution >= 0.6 is 0 Å². The van der Waals surface area contributed by atoms with E-state index in [1.165, 1.54) is 0 Å². The van der Waals surface area contributed by atoms with Gasteiger partial charge < -0.3 is 19.1 Å². The van der Waals surface area contributed by atoms with Gasteiger partial charge in [0.2, 0.25) is 0 Å². The SMILES string of the molecule is Cc1cc2c(c(=O)o1)C=C1[C@]3(CC(C)(C)C[C@@H]3[C@H](O)[C@]3(C)C[C@@]13C=O)O2. The van der Waals surface area contributed by atoms with E-state index in [0.29, 0.717) is 23.5 Å². The molecule has 0 bridgehead atoms. The standard InChI is InChI=1S/C21H24O5/c1-11-5-14-12(17(24)25-11)6-15-20(10-22)9-19(20,4)16(23)13-7-18(2,3)8-21(13,15)26-14/h5-6,10,13,16,23H,7-9H2,1-4H3/t13-,16+,19+,20-,21-/m1/s1. The molecule has 0 amide bonds. The predicted molar refractivity (Wildman–Crippen MR) is 94.8 cm³/mol. The lowest BCUT2D eigenvalue weighted by Gasteiger charge is -2.50. The van der Waals surface area contributed by atoms with Crippen LogP contribution in [0.3, 0.4) is 0 Å². The molecule has 4 aliphatic rings. The highest BCUT2D eigenvalue weighted by Gasteiger charge is 2.81. The van der Waals surface area contributed by atoms with Crippen molar-refractivity contribution in [3.63, 3.8) is 0 Å². The van der Waals surface area contributed by atoms with Crippen molar-refractivity contribution in [1.82, 2.24) is 0 Å². The number of carbonyl (C=O) groups excluding carboxylic acids is 1. The number of aldehydes is 1. The van der Waals surface area contributed by atoms with Gasteiger partial charge in [-0.05, 0) is 43.3 Å². The van der Waals surface area contributed by atoms with Crippen molar-refractivity contribution in [1.29, 1.82) is 0 Å². The van der Waals surface area contributed by atoms with Crippen molar-refractivity contribution < 1.29 is 19.1 Å². The minimum atomic E-state index is -0.752. The Labute approximate surface area is 152 Å². The van der Waals surface area contributed by atoms with Gasteiger partial charge in [0, 0.05) is 17.4 Å². The van der Waals surface area contributed by atoms with Gasteiger partial charge in [-0.1, -0.05) is 20.8 Å². The molecule has 0 unspecified atom stereocenters. The number of hydrogen-bond donors (Lipinski definition) is 1. The van der Waals surface area contributed by atoms with Crippen molar-refractivity contribution in [3.8, 4) is 5.75 Å². The van der Waals surface area contributed by atoms with Crippen LogP contribution in [0.1, 0.15) is 51.4 Å². The molecule has 3 saturated carbocycles. The van der Waals surface area contributed by atoms with E-state index in [9.17, 15) is 14.7 Å². The zero-order valence-electron chi connectivity index (χ0n) is 15.6. The lowest BCUT2D eigenvalue weighted by Crippen LogP contribution is -2.57. The monoisotopic (exact) mass is 356 g/mol. The molecule has 1 aliphatic heterocycles. The van der Waals surface area contributed by atoms with Gasteiger partial charge in [-0.3, -0.25) is 0 Å². The Hall–Kier alpha value is -1.88. The first-order chi connectivity index (χ1) is 12.1. The lowest BCUT2D eigenvalue weighted by atomic mass is 9.62. The van der Waals surface area contributed by atoms with E-state index in [0.717, 1.165) is 24.7 Å². The van der Waals surface area contributed by atoms with E-state index >= 15 is 0 Å². The van der Waals surface area contributed by atoms with Gasteiger partial charge in [-0.15, -0.1) is 0 Å². The molecule has 1 N–H and O–H groups in total. The first kappa shape index (κ1) is 16.3. The summed E-state index contributed by atoms with van der Waals surface area (Å²) in [6, 6.07) is 1.74. The van der Waals surface area contributed by atoms with Crippen molar-refractivity contribution in [2.45, 2.75) is 58.7 Å². The topological polar surface area (TPSA) is 76.7 Å². The Balaban J connectivity index is 1.82. The molecule has 1 aromatic heterocycles. The summed E-state index contributed by atoms with van der Waals surface area (Å²) in [5, 5.41) is 11.2. The second kappa shape index (κ2) is 4.33. The van der Waals surface area contributed by atoms with Crippen LogP contribution in [0.15, 0.2) is 20.9 Å². The molecule has 0 saturated heterocycles. The molecule has 1 aromatic rings. The maximum absolute atomic E-state index is 12.4. The van der Waals surface area contributed by atoms with Crippen molar-refractivity contribution in [3.05, 3.63) is 33.4 Å². The second-order valence-corrected chi connectivity index (χ2v) is 9.75. The summed E-state index contributed by atoms with van der Waals surface area (Å²) in [6.45, 7) is 8.05. The van der Waals surface area contributed by atoms with Crippen LogP contribution in [0.5, 0.6) is 5.75 Å². The highest BCUT2D eigenvalue weighted by Crippen LogP contribution is 2.79. The summed E-state index contributed by atoms with van der Waals surface area (Å²) in [6.07, 6.45) is 4.35. The molecule has 5 atom stereocenters.